The molecule has 0 fully saturated rings. The Labute approximate surface area is 78.6 Å². The molecule has 2 unspecified atom stereocenters. The molecule has 0 bridgehead atoms. The summed E-state index contributed by atoms with van der Waals surface area (Å²) >= 11 is 0. The van der Waals surface area contributed by atoms with Crippen molar-refractivity contribution in [1.82, 2.24) is 5.32 Å². The summed E-state index contributed by atoms with van der Waals surface area (Å²) in [6, 6.07) is 0. The predicted molar refractivity (Wildman–Crippen MR) is 50.7 cm³/mol. The minimum Gasteiger partial charge on any atom is -0.480 e. The quantitative estimate of drug-likeness (QED) is 0.599. The Kier molecular flexibility index (Phi) is 4.66. The third-order valence-corrected chi connectivity index (χ3v) is 2.22. The molecule has 0 rings (SSSR count). The number of hydrogen-bond acceptors (Lipinski definition) is 3. The topological polar surface area (TPSA) is 58.6 Å². The van der Waals surface area contributed by atoms with E-state index in [1.54, 1.807) is 19.9 Å². The van der Waals surface area contributed by atoms with Crippen LogP contribution >= 0.6 is 0 Å². The number of carbonyl (C=O) groups is 1. The second-order valence-corrected chi connectivity index (χ2v) is 3.06. The van der Waals surface area contributed by atoms with E-state index in [0.717, 1.165) is 0 Å². The summed E-state index contributed by atoms with van der Waals surface area (Å²) in [5.41, 5.74) is -1.07. The van der Waals surface area contributed by atoms with Gasteiger partial charge in [0.05, 0.1) is 6.10 Å². The fraction of sp³-hybridized carbons (Fsp3) is 0.667. The summed E-state index contributed by atoms with van der Waals surface area (Å²) in [6.45, 7) is 7.26. The van der Waals surface area contributed by atoms with E-state index >= 15 is 0 Å². The van der Waals surface area contributed by atoms with E-state index < -0.39 is 17.6 Å². The Morgan fingerprint density at radius 2 is 2.38 bits per heavy atom. The minimum absolute atomic E-state index is 0.398. The lowest BCUT2D eigenvalue weighted by Gasteiger charge is -2.31. The molecule has 0 aliphatic heterocycles. The molecule has 0 aliphatic rings. The summed E-state index contributed by atoms with van der Waals surface area (Å²) in [5.74, 6) is -0.927. The highest BCUT2D eigenvalue weighted by molar-refractivity contribution is 5.79. The van der Waals surface area contributed by atoms with Gasteiger partial charge in [-0.25, -0.2) is 0 Å². The molecular formula is C9H17NO3. The summed E-state index contributed by atoms with van der Waals surface area (Å²) in [5, 5.41) is 11.8. The Morgan fingerprint density at radius 3 is 2.69 bits per heavy atom. The predicted octanol–water partition coefficient (Wildman–Crippen LogP) is 0.640. The van der Waals surface area contributed by atoms with Crippen molar-refractivity contribution in [3.8, 4) is 0 Å². The number of hydrogen-bond donors (Lipinski definition) is 2. The Morgan fingerprint density at radius 1 is 1.85 bits per heavy atom. The molecule has 0 aromatic rings. The van der Waals surface area contributed by atoms with Crippen LogP contribution in [0.1, 0.15) is 13.8 Å². The summed E-state index contributed by atoms with van der Waals surface area (Å²) in [4.78, 5) is 11.0. The van der Waals surface area contributed by atoms with Crippen molar-refractivity contribution >= 4 is 5.97 Å². The van der Waals surface area contributed by atoms with Crippen LogP contribution in [0.3, 0.4) is 0 Å². The molecule has 0 spiro atoms. The second kappa shape index (κ2) is 4.99. The Balaban J connectivity index is 4.51. The Hall–Kier alpha value is -0.870. The average molecular weight is 187 g/mol. The van der Waals surface area contributed by atoms with Gasteiger partial charge >= 0.3 is 5.97 Å². The van der Waals surface area contributed by atoms with Crippen molar-refractivity contribution < 1.29 is 14.6 Å². The number of methoxy groups -OCH3 is 1. The van der Waals surface area contributed by atoms with Gasteiger partial charge in [-0.05, 0) is 13.8 Å². The third-order valence-electron chi connectivity index (χ3n) is 2.22. The number of rotatable bonds is 6. The second-order valence-electron chi connectivity index (χ2n) is 3.06. The lowest BCUT2D eigenvalue weighted by molar-refractivity contribution is -0.149. The molecule has 0 saturated carbocycles. The van der Waals surface area contributed by atoms with Gasteiger partial charge in [0.15, 0.2) is 0 Å². The first-order valence-electron chi connectivity index (χ1n) is 4.11. The van der Waals surface area contributed by atoms with Crippen molar-refractivity contribution in [2.75, 3.05) is 13.7 Å². The van der Waals surface area contributed by atoms with Crippen LogP contribution in [0.15, 0.2) is 12.7 Å². The van der Waals surface area contributed by atoms with E-state index in [4.69, 9.17) is 9.84 Å². The molecule has 0 aliphatic carbocycles. The SMILES string of the molecule is C=CCNC(C)(C(=O)O)C(C)OC. The van der Waals surface area contributed by atoms with Gasteiger partial charge in [0.1, 0.15) is 5.54 Å². The summed E-state index contributed by atoms with van der Waals surface area (Å²) < 4.78 is 5.00. The van der Waals surface area contributed by atoms with Gasteiger partial charge in [-0.2, -0.15) is 0 Å². The fourth-order valence-electron chi connectivity index (χ4n) is 0.913. The van der Waals surface area contributed by atoms with E-state index in [-0.39, 0.29) is 0 Å². The van der Waals surface area contributed by atoms with Crippen LogP contribution in [0.4, 0.5) is 0 Å². The average Bonchev–Trinajstić information content (AvgIpc) is 2.12. The van der Waals surface area contributed by atoms with E-state index in [0.29, 0.717) is 6.54 Å². The van der Waals surface area contributed by atoms with Crippen molar-refractivity contribution in [2.45, 2.75) is 25.5 Å². The van der Waals surface area contributed by atoms with Gasteiger partial charge in [-0.1, -0.05) is 6.08 Å². The fourth-order valence-corrected chi connectivity index (χ4v) is 0.913. The zero-order valence-corrected chi connectivity index (χ0v) is 8.33. The van der Waals surface area contributed by atoms with Crippen LogP contribution in [0.2, 0.25) is 0 Å². The lowest BCUT2D eigenvalue weighted by Crippen LogP contribution is -2.57. The number of aliphatic carboxylic acids is 1. The van der Waals surface area contributed by atoms with Gasteiger partial charge in [-0.3, -0.25) is 10.1 Å². The van der Waals surface area contributed by atoms with Crippen LogP contribution in [0.25, 0.3) is 0 Å². The molecule has 0 aromatic heterocycles. The zero-order chi connectivity index (χ0) is 10.5. The van der Waals surface area contributed by atoms with E-state index in [9.17, 15) is 4.79 Å². The molecule has 0 saturated heterocycles. The molecule has 0 amide bonds. The van der Waals surface area contributed by atoms with Crippen molar-refractivity contribution in [3.63, 3.8) is 0 Å². The van der Waals surface area contributed by atoms with Crippen LogP contribution in [0.5, 0.6) is 0 Å². The van der Waals surface area contributed by atoms with Gasteiger partial charge in [0.25, 0.3) is 0 Å². The molecule has 4 heteroatoms. The minimum atomic E-state index is -1.07. The van der Waals surface area contributed by atoms with E-state index in [1.807, 2.05) is 0 Å². The maximum Gasteiger partial charge on any atom is 0.326 e. The lowest BCUT2D eigenvalue weighted by atomic mass is 9.96. The van der Waals surface area contributed by atoms with Crippen molar-refractivity contribution in [1.29, 1.82) is 0 Å². The first kappa shape index (κ1) is 12.1. The van der Waals surface area contributed by atoms with E-state index in [1.165, 1.54) is 7.11 Å². The van der Waals surface area contributed by atoms with Gasteiger partial charge in [0, 0.05) is 13.7 Å². The highest BCUT2D eigenvalue weighted by atomic mass is 16.5. The number of ether oxygens (including phenoxy) is 1. The van der Waals surface area contributed by atoms with Crippen LogP contribution < -0.4 is 5.32 Å². The zero-order valence-electron chi connectivity index (χ0n) is 8.33. The standard InChI is InChI=1S/C9H17NO3/c1-5-6-10-9(3,8(11)12)7(2)13-4/h5,7,10H,1,6H2,2-4H3,(H,11,12). The molecular weight excluding hydrogens is 170 g/mol. The normalized spacial score (nSPS) is 17.5. The molecule has 4 nitrogen and oxygen atoms in total. The maximum atomic E-state index is 11.0. The van der Waals surface area contributed by atoms with Crippen molar-refractivity contribution in [3.05, 3.63) is 12.7 Å². The number of carboxylic acid groups (broad SMARTS) is 1. The van der Waals surface area contributed by atoms with Crippen LogP contribution in [-0.2, 0) is 9.53 Å². The molecule has 0 heterocycles. The van der Waals surface area contributed by atoms with Gasteiger partial charge in [0.2, 0.25) is 0 Å². The maximum absolute atomic E-state index is 11.0. The third kappa shape index (κ3) is 2.82. The van der Waals surface area contributed by atoms with Gasteiger partial charge in [-0.15, -0.1) is 6.58 Å². The molecule has 0 radical (unpaired) electrons. The Bertz CT molecular complexity index is 193. The summed E-state index contributed by atoms with van der Waals surface area (Å²) in [6.07, 6.45) is 1.22. The first-order chi connectivity index (χ1) is 5.99. The first-order valence-corrected chi connectivity index (χ1v) is 4.11. The summed E-state index contributed by atoms with van der Waals surface area (Å²) in [7, 11) is 1.49. The van der Waals surface area contributed by atoms with Crippen molar-refractivity contribution in [2.24, 2.45) is 0 Å². The van der Waals surface area contributed by atoms with Crippen LogP contribution in [-0.4, -0.2) is 36.4 Å². The molecule has 2 atom stereocenters. The molecule has 0 aromatic carbocycles. The molecule has 13 heavy (non-hydrogen) atoms. The number of nitrogens with one attached hydrogen (secondary N) is 1. The van der Waals surface area contributed by atoms with E-state index in [2.05, 4.69) is 11.9 Å². The molecule has 2 N–H and O–H groups in total. The number of carboxylic acids is 1. The van der Waals surface area contributed by atoms with Gasteiger partial charge < -0.3 is 9.84 Å². The smallest absolute Gasteiger partial charge is 0.326 e. The van der Waals surface area contributed by atoms with Crippen LogP contribution in [0, 0.1) is 0 Å². The monoisotopic (exact) mass is 187 g/mol. The highest BCUT2D eigenvalue weighted by Crippen LogP contribution is 2.12. The largest absolute Gasteiger partial charge is 0.480 e. The highest BCUT2D eigenvalue weighted by Gasteiger charge is 2.38. The molecule has 76 valence electrons.